The summed E-state index contributed by atoms with van der Waals surface area (Å²) < 4.78 is 0. The van der Waals surface area contributed by atoms with Crippen molar-refractivity contribution in [2.75, 3.05) is 0 Å². The van der Waals surface area contributed by atoms with Crippen LogP contribution in [0.15, 0.2) is 36.4 Å². The molecule has 0 aliphatic rings. The van der Waals surface area contributed by atoms with Gasteiger partial charge < -0.3 is 5.11 Å². The van der Waals surface area contributed by atoms with E-state index in [1.165, 1.54) is 0 Å². The van der Waals surface area contributed by atoms with Gasteiger partial charge in [0.15, 0.2) is 0 Å². The van der Waals surface area contributed by atoms with Gasteiger partial charge in [-0.05, 0) is 17.0 Å². The second-order valence-corrected chi connectivity index (χ2v) is 3.77. The number of hydrogen-bond acceptors (Lipinski definition) is 1. The van der Waals surface area contributed by atoms with Gasteiger partial charge in [-0.25, -0.2) is 0 Å². The Morgan fingerprint density at radius 2 is 2.07 bits per heavy atom. The number of carboxylic acid groups (broad SMARTS) is 1. The molecule has 0 radical (unpaired) electrons. The summed E-state index contributed by atoms with van der Waals surface area (Å²) in [5, 5.41) is 11.3. The molecule has 0 aromatic heterocycles. The molecule has 2 aromatic rings. The zero-order valence-corrected chi connectivity index (χ0v) is 8.66. The van der Waals surface area contributed by atoms with Crippen molar-refractivity contribution in [2.24, 2.45) is 0 Å². The molecule has 2 nitrogen and oxygen atoms in total. The Balaban J connectivity index is 2.52. The molecule has 1 N–H and O–H groups in total. The number of rotatable bonds is 2. The second-order valence-electron chi connectivity index (χ2n) is 3.37. The molecule has 0 amide bonds. The molecule has 2 rings (SSSR count). The largest absolute Gasteiger partial charge is 0.481 e. The van der Waals surface area contributed by atoms with E-state index >= 15 is 0 Å². The van der Waals surface area contributed by atoms with Crippen molar-refractivity contribution in [1.82, 2.24) is 0 Å². The molecule has 0 bridgehead atoms. The van der Waals surface area contributed by atoms with Crippen LogP contribution in [-0.2, 0) is 11.2 Å². The maximum atomic E-state index is 10.5. The molecular weight excluding hydrogens is 212 g/mol. The van der Waals surface area contributed by atoms with Crippen LogP contribution in [0.5, 0.6) is 0 Å². The fraction of sp³-hybridized carbons (Fsp3) is 0.0833. The standard InChI is InChI=1S/C12H9ClO2/c13-11-3-1-2-9-6-8(7-12(14)15)4-5-10(9)11/h1-6H,7H2,(H,14,15). The van der Waals surface area contributed by atoms with Gasteiger partial charge in [0.25, 0.3) is 0 Å². The van der Waals surface area contributed by atoms with Crippen LogP contribution in [-0.4, -0.2) is 11.1 Å². The summed E-state index contributed by atoms with van der Waals surface area (Å²) in [7, 11) is 0. The van der Waals surface area contributed by atoms with E-state index in [-0.39, 0.29) is 6.42 Å². The Hall–Kier alpha value is -1.54. The lowest BCUT2D eigenvalue weighted by Crippen LogP contribution is -1.99. The number of fused-ring (bicyclic) bond motifs is 1. The number of aliphatic carboxylic acids is 1. The number of benzene rings is 2. The van der Waals surface area contributed by atoms with E-state index in [1.807, 2.05) is 30.3 Å². The first-order chi connectivity index (χ1) is 7.16. The number of hydrogen-bond donors (Lipinski definition) is 1. The van der Waals surface area contributed by atoms with Gasteiger partial charge in [0.2, 0.25) is 0 Å². The first kappa shape index (κ1) is 9.99. The van der Waals surface area contributed by atoms with Crippen LogP contribution in [0.25, 0.3) is 10.8 Å². The highest BCUT2D eigenvalue weighted by atomic mass is 35.5. The molecule has 76 valence electrons. The van der Waals surface area contributed by atoms with E-state index in [1.54, 1.807) is 6.07 Å². The minimum absolute atomic E-state index is 0.0441. The fourth-order valence-corrected chi connectivity index (χ4v) is 1.82. The maximum Gasteiger partial charge on any atom is 0.307 e. The van der Waals surface area contributed by atoms with Crippen molar-refractivity contribution >= 4 is 28.3 Å². The van der Waals surface area contributed by atoms with Crippen LogP contribution in [0.3, 0.4) is 0 Å². The van der Waals surface area contributed by atoms with Crippen molar-refractivity contribution in [2.45, 2.75) is 6.42 Å². The van der Waals surface area contributed by atoms with Gasteiger partial charge in [0, 0.05) is 10.4 Å². The summed E-state index contributed by atoms with van der Waals surface area (Å²) in [5.74, 6) is -0.823. The topological polar surface area (TPSA) is 37.3 Å². The molecule has 0 unspecified atom stereocenters. The third-order valence-corrected chi connectivity index (χ3v) is 2.58. The Labute approximate surface area is 92.1 Å². The van der Waals surface area contributed by atoms with E-state index < -0.39 is 5.97 Å². The minimum atomic E-state index is -0.823. The molecule has 0 fully saturated rings. The molecule has 0 spiro atoms. The Morgan fingerprint density at radius 1 is 1.27 bits per heavy atom. The lowest BCUT2D eigenvalue weighted by Gasteiger charge is -2.02. The van der Waals surface area contributed by atoms with Gasteiger partial charge >= 0.3 is 5.97 Å². The van der Waals surface area contributed by atoms with Crippen molar-refractivity contribution < 1.29 is 9.90 Å². The summed E-state index contributed by atoms with van der Waals surface area (Å²) in [6, 6.07) is 11.1. The van der Waals surface area contributed by atoms with Crippen LogP contribution >= 0.6 is 11.6 Å². The molecule has 0 atom stereocenters. The van der Waals surface area contributed by atoms with E-state index in [4.69, 9.17) is 16.7 Å². The highest BCUT2D eigenvalue weighted by Crippen LogP contribution is 2.24. The predicted octanol–water partition coefficient (Wildman–Crippen LogP) is 3.12. The molecule has 0 aliphatic heterocycles. The number of halogens is 1. The van der Waals surface area contributed by atoms with Crippen LogP contribution in [0, 0.1) is 0 Å². The lowest BCUT2D eigenvalue weighted by molar-refractivity contribution is -0.136. The summed E-state index contributed by atoms with van der Waals surface area (Å²) in [5.41, 5.74) is 0.789. The highest BCUT2D eigenvalue weighted by Gasteiger charge is 2.03. The Bertz CT molecular complexity index is 520. The van der Waals surface area contributed by atoms with Crippen molar-refractivity contribution in [3.8, 4) is 0 Å². The zero-order valence-electron chi connectivity index (χ0n) is 7.90. The third kappa shape index (κ3) is 2.10. The summed E-state index contributed by atoms with van der Waals surface area (Å²) in [4.78, 5) is 10.5. The summed E-state index contributed by atoms with van der Waals surface area (Å²) >= 11 is 6.00. The normalized spacial score (nSPS) is 10.5. The molecule has 2 aromatic carbocycles. The second kappa shape index (κ2) is 3.91. The van der Waals surface area contributed by atoms with Gasteiger partial charge in [-0.3, -0.25) is 4.79 Å². The monoisotopic (exact) mass is 220 g/mol. The third-order valence-electron chi connectivity index (χ3n) is 2.25. The number of carbonyl (C=O) groups is 1. The molecule has 0 saturated carbocycles. The SMILES string of the molecule is O=C(O)Cc1ccc2c(Cl)cccc2c1. The molecule has 0 aliphatic carbocycles. The van der Waals surface area contributed by atoms with E-state index in [2.05, 4.69) is 0 Å². The maximum absolute atomic E-state index is 10.5. The highest BCUT2D eigenvalue weighted by molar-refractivity contribution is 6.35. The quantitative estimate of drug-likeness (QED) is 0.844. The smallest absolute Gasteiger partial charge is 0.307 e. The van der Waals surface area contributed by atoms with Crippen LogP contribution < -0.4 is 0 Å². The van der Waals surface area contributed by atoms with E-state index in [9.17, 15) is 4.79 Å². The first-order valence-electron chi connectivity index (χ1n) is 4.56. The predicted molar refractivity (Wildman–Crippen MR) is 60.3 cm³/mol. The van der Waals surface area contributed by atoms with Crippen LogP contribution in [0.2, 0.25) is 5.02 Å². The van der Waals surface area contributed by atoms with Gasteiger partial charge in [-0.15, -0.1) is 0 Å². The van der Waals surface area contributed by atoms with E-state index in [0.717, 1.165) is 16.3 Å². The molecular formula is C12H9ClO2. The van der Waals surface area contributed by atoms with Crippen molar-refractivity contribution in [1.29, 1.82) is 0 Å². The summed E-state index contributed by atoms with van der Waals surface area (Å²) in [6.45, 7) is 0. The van der Waals surface area contributed by atoms with Gasteiger partial charge in [0.1, 0.15) is 0 Å². The average molecular weight is 221 g/mol. The van der Waals surface area contributed by atoms with Crippen LogP contribution in [0.1, 0.15) is 5.56 Å². The molecule has 0 saturated heterocycles. The van der Waals surface area contributed by atoms with Crippen molar-refractivity contribution in [3.05, 3.63) is 47.0 Å². The minimum Gasteiger partial charge on any atom is -0.481 e. The summed E-state index contributed by atoms with van der Waals surface area (Å²) in [6.07, 6.45) is 0.0441. The Morgan fingerprint density at radius 3 is 2.80 bits per heavy atom. The number of carboxylic acids is 1. The van der Waals surface area contributed by atoms with Gasteiger partial charge in [-0.1, -0.05) is 41.9 Å². The van der Waals surface area contributed by atoms with Gasteiger partial charge in [0.05, 0.1) is 6.42 Å². The van der Waals surface area contributed by atoms with Crippen LogP contribution in [0.4, 0.5) is 0 Å². The molecule has 3 heteroatoms. The van der Waals surface area contributed by atoms with Gasteiger partial charge in [-0.2, -0.15) is 0 Å². The fourth-order valence-electron chi connectivity index (χ4n) is 1.58. The molecule has 15 heavy (non-hydrogen) atoms. The van der Waals surface area contributed by atoms with Crippen molar-refractivity contribution in [3.63, 3.8) is 0 Å². The van der Waals surface area contributed by atoms with E-state index in [0.29, 0.717) is 5.02 Å². The molecule has 0 heterocycles. The Kier molecular flexibility index (Phi) is 2.60. The first-order valence-corrected chi connectivity index (χ1v) is 4.93. The zero-order chi connectivity index (χ0) is 10.8. The lowest BCUT2D eigenvalue weighted by atomic mass is 10.1. The average Bonchev–Trinajstić information content (AvgIpc) is 2.17.